The van der Waals surface area contributed by atoms with Crippen LogP contribution in [0.1, 0.15) is 5.76 Å². The predicted molar refractivity (Wildman–Crippen MR) is 83.3 cm³/mol. The van der Waals surface area contributed by atoms with E-state index in [9.17, 15) is 4.79 Å². The molecule has 0 saturated carbocycles. The number of halogens is 1. The van der Waals surface area contributed by atoms with Gasteiger partial charge in [0, 0.05) is 4.47 Å². The number of hydrogen-bond acceptors (Lipinski definition) is 4. The van der Waals surface area contributed by atoms with E-state index in [2.05, 4.69) is 20.9 Å². The highest BCUT2D eigenvalue weighted by molar-refractivity contribution is 9.10. The highest BCUT2D eigenvalue weighted by Crippen LogP contribution is 2.19. The topological polar surface area (TPSA) is 48.0 Å². The second-order valence-corrected chi connectivity index (χ2v) is 5.92. The van der Waals surface area contributed by atoms with Gasteiger partial charge in [0.2, 0.25) is 0 Å². The molecule has 0 radical (unpaired) electrons. The van der Waals surface area contributed by atoms with Crippen molar-refractivity contribution in [2.75, 3.05) is 6.26 Å². The zero-order chi connectivity index (χ0) is 14.1. The number of thioether (sulfide) groups is 1. The third-order valence-electron chi connectivity index (χ3n) is 2.96. The molecular weight excluding hydrogens is 340 g/mol. The Labute approximate surface area is 127 Å². The van der Waals surface area contributed by atoms with Gasteiger partial charge in [-0.1, -0.05) is 27.7 Å². The molecule has 0 saturated heterocycles. The van der Waals surface area contributed by atoms with Crippen LogP contribution in [0.5, 0.6) is 0 Å². The Kier molecular flexibility index (Phi) is 3.67. The van der Waals surface area contributed by atoms with E-state index in [0.29, 0.717) is 22.6 Å². The predicted octanol–water partition coefficient (Wildman–Crippen LogP) is 3.52. The molecule has 0 atom stereocenters. The van der Waals surface area contributed by atoms with Crippen LogP contribution in [0.4, 0.5) is 0 Å². The van der Waals surface area contributed by atoms with E-state index in [1.165, 1.54) is 11.8 Å². The average molecular weight is 351 g/mol. The SMILES string of the molecule is CSc1nc2ccc(Br)cc2c(=O)n1Cc1ccco1. The van der Waals surface area contributed by atoms with Crippen molar-refractivity contribution < 1.29 is 4.42 Å². The molecule has 2 heterocycles. The summed E-state index contributed by atoms with van der Waals surface area (Å²) in [5.74, 6) is 0.735. The Morgan fingerprint density at radius 3 is 2.95 bits per heavy atom. The second kappa shape index (κ2) is 5.46. The lowest BCUT2D eigenvalue weighted by atomic mass is 10.2. The summed E-state index contributed by atoms with van der Waals surface area (Å²) >= 11 is 4.84. The van der Waals surface area contributed by atoms with Crippen LogP contribution in [-0.2, 0) is 6.54 Å². The summed E-state index contributed by atoms with van der Waals surface area (Å²) in [6, 6.07) is 9.19. The number of nitrogens with zero attached hydrogens (tertiary/aromatic N) is 2. The zero-order valence-corrected chi connectivity index (χ0v) is 13.1. The second-order valence-electron chi connectivity index (χ2n) is 4.23. The molecule has 0 aliphatic heterocycles. The van der Waals surface area contributed by atoms with E-state index in [1.54, 1.807) is 16.9 Å². The van der Waals surface area contributed by atoms with E-state index >= 15 is 0 Å². The molecular formula is C14H11BrN2O2S. The van der Waals surface area contributed by atoms with Crippen LogP contribution < -0.4 is 5.56 Å². The van der Waals surface area contributed by atoms with E-state index in [0.717, 1.165) is 10.2 Å². The van der Waals surface area contributed by atoms with Crippen LogP contribution in [0, 0.1) is 0 Å². The van der Waals surface area contributed by atoms with Crippen LogP contribution in [0.3, 0.4) is 0 Å². The van der Waals surface area contributed by atoms with Gasteiger partial charge in [-0.05, 0) is 36.6 Å². The molecule has 0 aliphatic rings. The van der Waals surface area contributed by atoms with Gasteiger partial charge in [-0.15, -0.1) is 0 Å². The molecule has 4 nitrogen and oxygen atoms in total. The molecule has 20 heavy (non-hydrogen) atoms. The first kappa shape index (κ1) is 13.5. The largest absolute Gasteiger partial charge is 0.467 e. The van der Waals surface area contributed by atoms with Crippen molar-refractivity contribution >= 4 is 38.6 Å². The minimum Gasteiger partial charge on any atom is -0.467 e. The quantitative estimate of drug-likeness (QED) is 0.535. The first-order chi connectivity index (χ1) is 9.69. The maximum atomic E-state index is 12.6. The first-order valence-electron chi connectivity index (χ1n) is 5.95. The first-order valence-corrected chi connectivity index (χ1v) is 7.97. The Morgan fingerprint density at radius 2 is 2.25 bits per heavy atom. The lowest BCUT2D eigenvalue weighted by molar-refractivity contribution is 0.476. The maximum absolute atomic E-state index is 12.6. The van der Waals surface area contributed by atoms with Gasteiger partial charge in [0.1, 0.15) is 5.76 Å². The van der Waals surface area contributed by atoms with Gasteiger partial charge in [0.05, 0.1) is 23.7 Å². The third kappa shape index (κ3) is 2.41. The zero-order valence-electron chi connectivity index (χ0n) is 10.7. The molecule has 102 valence electrons. The van der Waals surface area contributed by atoms with Gasteiger partial charge in [0.25, 0.3) is 5.56 Å². The smallest absolute Gasteiger partial charge is 0.262 e. The Morgan fingerprint density at radius 1 is 1.40 bits per heavy atom. The number of aromatic nitrogens is 2. The van der Waals surface area contributed by atoms with Crippen molar-refractivity contribution in [2.45, 2.75) is 11.7 Å². The monoisotopic (exact) mass is 350 g/mol. The molecule has 3 rings (SSSR count). The fourth-order valence-electron chi connectivity index (χ4n) is 2.03. The minimum atomic E-state index is -0.0583. The highest BCUT2D eigenvalue weighted by Gasteiger charge is 2.12. The van der Waals surface area contributed by atoms with Gasteiger partial charge in [-0.3, -0.25) is 9.36 Å². The maximum Gasteiger partial charge on any atom is 0.262 e. The summed E-state index contributed by atoms with van der Waals surface area (Å²) in [6.07, 6.45) is 3.51. The molecule has 1 aromatic carbocycles. The van der Waals surface area contributed by atoms with Crippen LogP contribution in [0.2, 0.25) is 0 Å². The van der Waals surface area contributed by atoms with E-state index in [4.69, 9.17) is 4.42 Å². The third-order valence-corrected chi connectivity index (χ3v) is 4.13. The molecule has 6 heteroatoms. The minimum absolute atomic E-state index is 0.0583. The molecule has 2 aromatic heterocycles. The fraction of sp³-hybridized carbons (Fsp3) is 0.143. The van der Waals surface area contributed by atoms with Crippen molar-refractivity contribution in [1.82, 2.24) is 9.55 Å². The summed E-state index contributed by atoms with van der Waals surface area (Å²) in [6.45, 7) is 0.386. The summed E-state index contributed by atoms with van der Waals surface area (Å²) in [4.78, 5) is 17.2. The molecule has 0 aliphatic carbocycles. The Bertz CT molecular complexity index is 812. The van der Waals surface area contributed by atoms with E-state index in [1.807, 2.05) is 30.5 Å². The van der Waals surface area contributed by atoms with Crippen LogP contribution >= 0.6 is 27.7 Å². The Balaban J connectivity index is 2.23. The van der Waals surface area contributed by atoms with Gasteiger partial charge in [0.15, 0.2) is 5.16 Å². The number of hydrogen-bond donors (Lipinski definition) is 0. The van der Waals surface area contributed by atoms with Crippen molar-refractivity contribution in [3.05, 3.63) is 57.2 Å². The molecule has 0 bridgehead atoms. The lowest BCUT2D eigenvalue weighted by Crippen LogP contribution is -2.23. The van der Waals surface area contributed by atoms with Crippen molar-refractivity contribution in [2.24, 2.45) is 0 Å². The van der Waals surface area contributed by atoms with Gasteiger partial charge in [-0.25, -0.2) is 4.98 Å². The van der Waals surface area contributed by atoms with Gasteiger partial charge >= 0.3 is 0 Å². The molecule has 0 fully saturated rings. The van der Waals surface area contributed by atoms with Crippen LogP contribution in [0.15, 0.2) is 55.4 Å². The van der Waals surface area contributed by atoms with Crippen LogP contribution in [0.25, 0.3) is 10.9 Å². The normalized spacial score (nSPS) is 11.1. The van der Waals surface area contributed by atoms with Crippen molar-refractivity contribution in [1.29, 1.82) is 0 Å². The highest BCUT2D eigenvalue weighted by atomic mass is 79.9. The standard InChI is InChI=1S/C14H11BrN2O2S/c1-20-14-16-12-5-4-9(15)7-11(12)13(18)17(14)8-10-3-2-6-19-10/h2-7H,8H2,1H3. The molecule has 3 aromatic rings. The average Bonchev–Trinajstić information content (AvgIpc) is 2.95. The molecule has 0 amide bonds. The molecule has 0 unspecified atom stereocenters. The molecule has 0 N–H and O–H groups in total. The Hall–Kier alpha value is -1.53. The van der Waals surface area contributed by atoms with Crippen LogP contribution in [-0.4, -0.2) is 15.8 Å². The number of rotatable bonds is 3. The van der Waals surface area contributed by atoms with Gasteiger partial charge < -0.3 is 4.42 Å². The summed E-state index contributed by atoms with van der Waals surface area (Å²) < 4.78 is 7.82. The summed E-state index contributed by atoms with van der Waals surface area (Å²) in [5, 5.41) is 1.28. The lowest BCUT2D eigenvalue weighted by Gasteiger charge is -2.10. The number of fused-ring (bicyclic) bond motifs is 1. The van der Waals surface area contributed by atoms with Crippen molar-refractivity contribution in [3.63, 3.8) is 0 Å². The number of furan rings is 1. The van der Waals surface area contributed by atoms with E-state index < -0.39 is 0 Å². The van der Waals surface area contributed by atoms with Gasteiger partial charge in [-0.2, -0.15) is 0 Å². The number of benzene rings is 1. The molecule has 0 spiro atoms. The summed E-state index contributed by atoms with van der Waals surface area (Å²) in [5.41, 5.74) is 0.648. The summed E-state index contributed by atoms with van der Waals surface area (Å²) in [7, 11) is 0. The fourth-order valence-corrected chi connectivity index (χ4v) is 2.94. The van der Waals surface area contributed by atoms with Crippen molar-refractivity contribution in [3.8, 4) is 0 Å². The van der Waals surface area contributed by atoms with E-state index in [-0.39, 0.29) is 5.56 Å².